The average molecular weight is 189 g/mol. The van der Waals surface area contributed by atoms with Gasteiger partial charge in [-0.1, -0.05) is 18.1 Å². The first-order valence-corrected chi connectivity index (χ1v) is 4.64. The third kappa shape index (κ3) is 1.79. The zero-order valence-electron chi connectivity index (χ0n) is 7.97. The fourth-order valence-electron chi connectivity index (χ4n) is 1.17. The van der Waals surface area contributed by atoms with Crippen LogP contribution in [-0.4, -0.2) is 15.1 Å². The van der Waals surface area contributed by atoms with Gasteiger partial charge in [0.15, 0.2) is 0 Å². The maximum Gasteiger partial charge on any atom is 0.226 e. The molecule has 0 fully saturated rings. The van der Waals surface area contributed by atoms with Gasteiger partial charge in [0.25, 0.3) is 0 Å². The van der Waals surface area contributed by atoms with Crippen LogP contribution in [-0.2, 0) is 6.42 Å². The summed E-state index contributed by atoms with van der Waals surface area (Å²) in [5.41, 5.74) is 0.749. The minimum absolute atomic E-state index is 0.564. The fraction of sp³-hybridized carbons (Fsp3) is 0.300. The molecule has 0 saturated carbocycles. The van der Waals surface area contributed by atoms with Gasteiger partial charge >= 0.3 is 0 Å². The molecule has 14 heavy (non-hydrogen) atoms. The van der Waals surface area contributed by atoms with Crippen LogP contribution in [0.5, 0.6) is 0 Å². The minimum Gasteiger partial charge on any atom is -0.339 e. The minimum atomic E-state index is 0.564. The molecule has 0 bridgehead atoms. The molecular formula is C10H11N3O. The highest BCUT2D eigenvalue weighted by molar-refractivity contribution is 5.46. The predicted molar refractivity (Wildman–Crippen MR) is 51.5 cm³/mol. The molecule has 0 N–H and O–H groups in total. The number of aryl methyl sites for hydroxylation is 1. The van der Waals surface area contributed by atoms with E-state index in [2.05, 4.69) is 22.0 Å². The van der Waals surface area contributed by atoms with Crippen molar-refractivity contribution in [1.82, 2.24) is 15.1 Å². The van der Waals surface area contributed by atoms with Crippen molar-refractivity contribution in [3.63, 3.8) is 0 Å². The van der Waals surface area contributed by atoms with Gasteiger partial charge in [-0.05, 0) is 18.6 Å². The van der Waals surface area contributed by atoms with Gasteiger partial charge in [-0.25, -0.2) is 0 Å². The second kappa shape index (κ2) is 4.00. The van der Waals surface area contributed by atoms with Gasteiger partial charge in [-0.3, -0.25) is 4.98 Å². The highest BCUT2D eigenvalue weighted by atomic mass is 16.5. The van der Waals surface area contributed by atoms with Crippen molar-refractivity contribution in [1.29, 1.82) is 0 Å². The highest BCUT2D eigenvalue weighted by Crippen LogP contribution is 2.12. The van der Waals surface area contributed by atoms with E-state index in [1.807, 2.05) is 18.2 Å². The average Bonchev–Trinajstić information content (AvgIpc) is 2.68. The van der Waals surface area contributed by atoms with E-state index in [9.17, 15) is 0 Å². The second-order valence-corrected chi connectivity index (χ2v) is 2.98. The summed E-state index contributed by atoms with van der Waals surface area (Å²) in [6, 6.07) is 5.62. The summed E-state index contributed by atoms with van der Waals surface area (Å²) in [5, 5.41) is 3.86. The molecule has 0 saturated heterocycles. The van der Waals surface area contributed by atoms with Crippen LogP contribution in [0.25, 0.3) is 11.5 Å². The van der Waals surface area contributed by atoms with E-state index in [1.54, 1.807) is 6.20 Å². The monoisotopic (exact) mass is 189 g/mol. The number of hydrogen-bond donors (Lipinski definition) is 0. The SMILES string of the molecule is CCCc1nc(-c2ccccn2)no1. The summed E-state index contributed by atoms with van der Waals surface area (Å²) in [5.74, 6) is 1.24. The van der Waals surface area contributed by atoms with Gasteiger partial charge in [-0.2, -0.15) is 4.98 Å². The van der Waals surface area contributed by atoms with E-state index in [-0.39, 0.29) is 0 Å². The normalized spacial score (nSPS) is 10.4. The molecular weight excluding hydrogens is 178 g/mol. The summed E-state index contributed by atoms with van der Waals surface area (Å²) in [4.78, 5) is 8.37. The van der Waals surface area contributed by atoms with Crippen LogP contribution in [0.2, 0.25) is 0 Å². The van der Waals surface area contributed by atoms with Gasteiger partial charge in [0.05, 0.1) is 0 Å². The molecule has 0 atom stereocenters. The Labute approximate surface area is 82.0 Å². The van der Waals surface area contributed by atoms with E-state index in [0.717, 1.165) is 18.5 Å². The van der Waals surface area contributed by atoms with E-state index in [1.165, 1.54) is 0 Å². The quantitative estimate of drug-likeness (QED) is 0.741. The summed E-state index contributed by atoms with van der Waals surface area (Å²) < 4.78 is 5.06. The molecule has 0 unspecified atom stereocenters. The molecule has 0 radical (unpaired) electrons. The maximum atomic E-state index is 5.06. The zero-order chi connectivity index (χ0) is 9.80. The van der Waals surface area contributed by atoms with Gasteiger partial charge < -0.3 is 4.52 Å². The predicted octanol–water partition coefficient (Wildman–Crippen LogP) is 2.08. The Morgan fingerprint density at radius 1 is 1.36 bits per heavy atom. The summed E-state index contributed by atoms with van der Waals surface area (Å²) in [6.45, 7) is 2.07. The Morgan fingerprint density at radius 3 is 3.00 bits per heavy atom. The molecule has 4 nitrogen and oxygen atoms in total. The lowest BCUT2D eigenvalue weighted by molar-refractivity contribution is 0.377. The number of nitrogens with zero attached hydrogens (tertiary/aromatic N) is 3. The van der Waals surface area contributed by atoms with Crippen LogP contribution in [0.3, 0.4) is 0 Å². The smallest absolute Gasteiger partial charge is 0.226 e. The standard InChI is InChI=1S/C10H11N3O/c1-2-5-9-12-10(13-14-9)8-6-3-4-7-11-8/h3-4,6-7H,2,5H2,1H3. The Balaban J connectivity index is 2.25. The molecule has 4 heteroatoms. The molecule has 2 heterocycles. The maximum absolute atomic E-state index is 5.06. The van der Waals surface area contributed by atoms with E-state index in [4.69, 9.17) is 4.52 Å². The van der Waals surface area contributed by atoms with Crippen molar-refractivity contribution in [3.8, 4) is 11.5 Å². The number of rotatable bonds is 3. The van der Waals surface area contributed by atoms with E-state index in [0.29, 0.717) is 11.7 Å². The highest BCUT2D eigenvalue weighted by Gasteiger charge is 2.07. The molecule has 0 aromatic carbocycles. The lowest BCUT2D eigenvalue weighted by atomic mass is 10.3. The second-order valence-electron chi connectivity index (χ2n) is 2.98. The molecule has 0 aliphatic heterocycles. The lowest BCUT2D eigenvalue weighted by Crippen LogP contribution is -1.85. The van der Waals surface area contributed by atoms with Crippen LogP contribution >= 0.6 is 0 Å². The van der Waals surface area contributed by atoms with Gasteiger partial charge in [-0.15, -0.1) is 0 Å². The first-order valence-electron chi connectivity index (χ1n) is 4.64. The number of pyridine rings is 1. The molecule has 2 rings (SSSR count). The Hall–Kier alpha value is -1.71. The van der Waals surface area contributed by atoms with E-state index < -0.39 is 0 Å². The number of hydrogen-bond acceptors (Lipinski definition) is 4. The third-order valence-electron chi connectivity index (χ3n) is 1.83. The first kappa shape index (κ1) is 8.87. The summed E-state index contributed by atoms with van der Waals surface area (Å²) >= 11 is 0. The number of aromatic nitrogens is 3. The van der Waals surface area contributed by atoms with Crippen molar-refractivity contribution >= 4 is 0 Å². The molecule has 2 aromatic rings. The van der Waals surface area contributed by atoms with Crippen molar-refractivity contribution in [2.24, 2.45) is 0 Å². The van der Waals surface area contributed by atoms with Crippen molar-refractivity contribution in [2.45, 2.75) is 19.8 Å². The summed E-state index contributed by atoms with van der Waals surface area (Å²) in [6.07, 6.45) is 3.54. The third-order valence-corrected chi connectivity index (χ3v) is 1.83. The molecule has 72 valence electrons. The summed E-state index contributed by atoms with van der Waals surface area (Å²) in [7, 11) is 0. The Bertz CT molecular complexity index is 397. The molecule has 0 aliphatic carbocycles. The van der Waals surface area contributed by atoms with Crippen LogP contribution in [0.4, 0.5) is 0 Å². The topological polar surface area (TPSA) is 51.8 Å². The first-order chi connectivity index (χ1) is 6.90. The van der Waals surface area contributed by atoms with Crippen LogP contribution in [0.15, 0.2) is 28.9 Å². The molecule has 0 spiro atoms. The molecule has 2 aromatic heterocycles. The largest absolute Gasteiger partial charge is 0.339 e. The Morgan fingerprint density at radius 2 is 2.29 bits per heavy atom. The zero-order valence-corrected chi connectivity index (χ0v) is 7.97. The Kier molecular flexibility index (Phi) is 2.53. The van der Waals surface area contributed by atoms with Crippen molar-refractivity contribution in [3.05, 3.63) is 30.3 Å². The van der Waals surface area contributed by atoms with Gasteiger partial charge in [0.1, 0.15) is 5.69 Å². The van der Waals surface area contributed by atoms with Crippen LogP contribution in [0.1, 0.15) is 19.2 Å². The van der Waals surface area contributed by atoms with Gasteiger partial charge in [0.2, 0.25) is 11.7 Å². The van der Waals surface area contributed by atoms with Crippen LogP contribution in [0, 0.1) is 0 Å². The fourth-order valence-corrected chi connectivity index (χ4v) is 1.17. The molecule has 0 amide bonds. The lowest BCUT2D eigenvalue weighted by Gasteiger charge is -1.89. The van der Waals surface area contributed by atoms with Crippen LogP contribution < -0.4 is 0 Å². The van der Waals surface area contributed by atoms with E-state index >= 15 is 0 Å². The van der Waals surface area contributed by atoms with Crippen molar-refractivity contribution in [2.75, 3.05) is 0 Å². The van der Waals surface area contributed by atoms with Crippen molar-refractivity contribution < 1.29 is 4.52 Å². The van der Waals surface area contributed by atoms with Gasteiger partial charge in [0, 0.05) is 12.6 Å². The molecule has 0 aliphatic rings.